The quantitative estimate of drug-likeness (QED) is 0.411. The molecule has 1 fully saturated rings. The maximum absolute atomic E-state index is 13.3. The van der Waals surface area contributed by atoms with Crippen molar-refractivity contribution in [2.75, 3.05) is 20.3 Å². The molecule has 1 heterocycles. The van der Waals surface area contributed by atoms with Gasteiger partial charge in [-0.1, -0.05) is 108 Å². The molecular formula is C31H47NO4Si. The van der Waals surface area contributed by atoms with Crippen molar-refractivity contribution in [2.45, 2.75) is 83.8 Å². The summed E-state index contributed by atoms with van der Waals surface area (Å²) < 4.78 is 12.7. The first kappa shape index (κ1) is 29.4. The Labute approximate surface area is 225 Å². The largest absolute Gasteiger partial charge is 0.453 e. The van der Waals surface area contributed by atoms with E-state index in [1.54, 1.807) is 0 Å². The number of hydrogen-bond donors (Lipinski definition) is 1. The molecule has 2 aromatic carbocycles. The topological polar surface area (TPSA) is 59.0 Å². The Bertz CT molecular complexity index is 923. The second-order valence-corrected chi connectivity index (χ2v) is 15.7. The molecule has 1 N–H and O–H groups in total. The zero-order valence-electron chi connectivity index (χ0n) is 23.7. The summed E-state index contributed by atoms with van der Waals surface area (Å²) in [7, 11) is -1.27. The minimum Gasteiger partial charge on any atom is -0.453 e. The number of ether oxygens (including phenoxy) is 1. The zero-order valence-corrected chi connectivity index (χ0v) is 24.7. The molecule has 204 valence electrons. The molecule has 1 aliphatic rings. The number of nitrogens with zero attached hydrogens (tertiary/aromatic N) is 1. The van der Waals surface area contributed by atoms with Gasteiger partial charge in [-0.15, -0.1) is 0 Å². The van der Waals surface area contributed by atoms with Crippen molar-refractivity contribution < 1.29 is 19.1 Å². The third-order valence-electron chi connectivity index (χ3n) is 8.39. The average Bonchev–Trinajstić information content (AvgIpc) is 2.91. The molecule has 6 heteroatoms. The van der Waals surface area contributed by atoms with Crippen molar-refractivity contribution in [3.05, 3.63) is 60.7 Å². The Hall–Kier alpha value is -2.15. The summed E-state index contributed by atoms with van der Waals surface area (Å²) in [6.07, 6.45) is 4.21. The Morgan fingerprint density at radius 2 is 1.46 bits per heavy atom. The standard InChI is InChI=1S/C31H47NO4Si/c1-7-24-22-25(8-2)29(32(30(34)35-6)28(24)20-15-21-33)23-36-37(31(3,4)5,26-16-11-9-12-17-26)27-18-13-10-14-19-27/h9-14,16-19,24-25,28-29,33H,7-8,15,20-23H2,1-6H3/t24-,25-,28+,29-/m1/s1. The molecule has 0 saturated carbocycles. The first-order valence-corrected chi connectivity index (χ1v) is 15.9. The average molecular weight is 526 g/mol. The fraction of sp³-hybridized carbons (Fsp3) is 0.581. The van der Waals surface area contributed by atoms with E-state index in [1.807, 2.05) is 4.90 Å². The Kier molecular flexibility index (Phi) is 10.4. The van der Waals surface area contributed by atoms with Gasteiger partial charge in [-0.25, -0.2) is 4.79 Å². The molecule has 0 aliphatic carbocycles. The molecule has 0 bridgehead atoms. The number of aliphatic hydroxyl groups is 1. The van der Waals surface area contributed by atoms with Crippen LogP contribution in [0.15, 0.2) is 60.7 Å². The highest BCUT2D eigenvalue weighted by atomic mass is 28.4. The predicted molar refractivity (Wildman–Crippen MR) is 154 cm³/mol. The number of aliphatic hydroxyl groups excluding tert-OH is 1. The van der Waals surface area contributed by atoms with Gasteiger partial charge in [0.15, 0.2) is 0 Å². The number of rotatable bonds is 10. The smallest absolute Gasteiger partial charge is 0.410 e. The van der Waals surface area contributed by atoms with Gasteiger partial charge in [-0.05, 0) is 46.5 Å². The maximum atomic E-state index is 13.3. The van der Waals surface area contributed by atoms with Gasteiger partial charge < -0.3 is 14.3 Å². The predicted octanol–water partition coefficient (Wildman–Crippen LogP) is 5.60. The van der Waals surface area contributed by atoms with Crippen LogP contribution in [0, 0.1) is 11.8 Å². The molecule has 2 aromatic rings. The number of piperidine rings is 1. The lowest BCUT2D eigenvalue weighted by atomic mass is 9.75. The van der Waals surface area contributed by atoms with E-state index in [4.69, 9.17) is 9.16 Å². The molecule has 1 amide bonds. The van der Waals surface area contributed by atoms with E-state index >= 15 is 0 Å². The summed E-state index contributed by atoms with van der Waals surface area (Å²) in [6, 6.07) is 21.3. The SMILES string of the molecule is CC[C@@H]1C[C@@H](CC)[C@H](CCCO)N(C(=O)OC)[C@@H]1CO[Si](c1ccccc1)(c1ccccc1)C(C)(C)C. The van der Waals surface area contributed by atoms with Crippen LogP contribution in [0.1, 0.15) is 66.7 Å². The summed E-state index contributed by atoms with van der Waals surface area (Å²) in [6.45, 7) is 11.9. The van der Waals surface area contributed by atoms with E-state index in [1.165, 1.54) is 17.5 Å². The fourth-order valence-electron chi connectivity index (χ4n) is 6.52. The highest BCUT2D eigenvalue weighted by Gasteiger charge is 2.52. The normalized spacial score (nSPS) is 22.6. The summed E-state index contributed by atoms with van der Waals surface area (Å²) in [5.41, 5.74) is 0. The Balaban J connectivity index is 2.09. The van der Waals surface area contributed by atoms with Crippen molar-refractivity contribution in [1.29, 1.82) is 0 Å². The van der Waals surface area contributed by atoms with Crippen LogP contribution in [0.25, 0.3) is 0 Å². The van der Waals surface area contributed by atoms with Crippen molar-refractivity contribution >= 4 is 24.8 Å². The molecule has 3 rings (SSSR count). The summed E-state index contributed by atoms with van der Waals surface area (Å²) in [5, 5.41) is 11.9. The van der Waals surface area contributed by atoms with Gasteiger partial charge in [0.1, 0.15) is 0 Å². The first-order chi connectivity index (χ1) is 17.7. The van der Waals surface area contributed by atoms with Gasteiger partial charge in [-0.2, -0.15) is 0 Å². The van der Waals surface area contributed by atoms with Crippen LogP contribution in [-0.4, -0.2) is 56.8 Å². The van der Waals surface area contributed by atoms with Crippen LogP contribution in [0.3, 0.4) is 0 Å². The van der Waals surface area contributed by atoms with Crippen molar-refractivity contribution in [2.24, 2.45) is 11.8 Å². The maximum Gasteiger partial charge on any atom is 0.410 e. The lowest BCUT2D eigenvalue weighted by Crippen LogP contribution is -2.68. The molecule has 4 atom stereocenters. The monoisotopic (exact) mass is 525 g/mol. The van der Waals surface area contributed by atoms with Gasteiger partial charge in [0.05, 0.1) is 19.8 Å². The van der Waals surface area contributed by atoms with Crippen LogP contribution in [-0.2, 0) is 9.16 Å². The molecular weight excluding hydrogens is 478 g/mol. The number of methoxy groups -OCH3 is 1. The van der Waals surface area contributed by atoms with E-state index in [2.05, 4.69) is 95.3 Å². The van der Waals surface area contributed by atoms with Gasteiger partial charge in [0, 0.05) is 12.6 Å². The number of hydrogen-bond acceptors (Lipinski definition) is 4. The zero-order chi connectivity index (χ0) is 27.1. The second kappa shape index (κ2) is 13.1. The number of amides is 1. The second-order valence-electron chi connectivity index (χ2n) is 11.4. The number of benzene rings is 2. The number of carbonyl (C=O) groups excluding carboxylic acids is 1. The summed E-state index contributed by atoms with van der Waals surface area (Å²) >= 11 is 0. The van der Waals surface area contributed by atoms with Crippen LogP contribution >= 0.6 is 0 Å². The summed E-state index contributed by atoms with van der Waals surface area (Å²) in [4.78, 5) is 15.3. The van der Waals surface area contributed by atoms with Crippen molar-refractivity contribution in [3.63, 3.8) is 0 Å². The lowest BCUT2D eigenvalue weighted by molar-refractivity contribution is -0.0236. The van der Waals surface area contributed by atoms with E-state index in [-0.39, 0.29) is 29.8 Å². The number of likely N-dealkylation sites (tertiary alicyclic amines) is 1. The first-order valence-electron chi connectivity index (χ1n) is 14.0. The van der Waals surface area contributed by atoms with Crippen LogP contribution in [0.4, 0.5) is 4.79 Å². The van der Waals surface area contributed by atoms with Crippen LogP contribution < -0.4 is 10.4 Å². The van der Waals surface area contributed by atoms with Crippen LogP contribution in [0.2, 0.25) is 5.04 Å². The van der Waals surface area contributed by atoms with E-state index < -0.39 is 8.32 Å². The minimum absolute atomic E-state index is 0.0418. The van der Waals surface area contributed by atoms with Crippen molar-refractivity contribution in [1.82, 2.24) is 4.90 Å². The molecule has 0 radical (unpaired) electrons. The molecule has 0 aromatic heterocycles. The molecule has 37 heavy (non-hydrogen) atoms. The van der Waals surface area contributed by atoms with Gasteiger partial charge >= 0.3 is 6.09 Å². The molecule has 1 saturated heterocycles. The molecule has 0 unspecified atom stereocenters. The molecule has 5 nitrogen and oxygen atoms in total. The van der Waals surface area contributed by atoms with E-state index in [0.29, 0.717) is 24.9 Å². The van der Waals surface area contributed by atoms with Gasteiger partial charge in [0.25, 0.3) is 8.32 Å². The molecule has 0 spiro atoms. The lowest BCUT2D eigenvalue weighted by Gasteiger charge is -2.51. The Morgan fingerprint density at radius 3 is 1.89 bits per heavy atom. The highest BCUT2D eigenvalue weighted by molar-refractivity contribution is 6.99. The van der Waals surface area contributed by atoms with Crippen molar-refractivity contribution in [3.8, 4) is 0 Å². The van der Waals surface area contributed by atoms with E-state index in [9.17, 15) is 9.90 Å². The third kappa shape index (κ3) is 6.13. The number of carbonyl (C=O) groups is 1. The van der Waals surface area contributed by atoms with Crippen LogP contribution in [0.5, 0.6) is 0 Å². The highest BCUT2D eigenvalue weighted by Crippen LogP contribution is 2.41. The fourth-order valence-corrected chi connectivity index (χ4v) is 11.1. The van der Waals surface area contributed by atoms with E-state index in [0.717, 1.165) is 25.7 Å². The van der Waals surface area contributed by atoms with Gasteiger partial charge in [-0.3, -0.25) is 4.90 Å². The van der Waals surface area contributed by atoms with Gasteiger partial charge in [0.2, 0.25) is 0 Å². The Morgan fingerprint density at radius 1 is 0.946 bits per heavy atom. The molecule has 1 aliphatic heterocycles. The summed E-state index contributed by atoms with van der Waals surface area (Å²) in [5.74, 6) is 0.715. The minimum atomic E-state index is -2.74. The third-order valence-corrected chi connectivity index (χ3v) is 13.4.